The molecule has 0 aliphatic carbocycles. The Morgan fingerprint density at radius 3 is 2.96 bits per heavy atom. The van der Waals surface area contributed by atoms with Crippen molar-refractivity contribution < 1.29 is 14.5 Å². The van der Waals surface area contributed by atoms with Crippen LogP contribution in [0.1, 0.15) is 11.3 Å². The zero-order valence-corrected chi connectivity index (χ0v) is 13.8. The number of carbonyl (C=O) groups excluding carboxylic acids is 1. The van der Waals surface area contributed by atoms with Crippen molar-refractivity contribution in [2.45, 2.75) is 6.54 Å². The van der Waals surface area contributed by atoms with Crippen molar-refractivity contribution in [3.63, 3.8) is 0 Å². The van der Waals surface area contributed by atoms with E-state index >= 15 is 0 Å². The number of methoxy groups -OCH3 is 1. The summed E-state index contributed by atoms with van der Waals surface area (Å²) in [6.07, 6.45) is 5.95. The summed E-state index contributed by atoms with van der Waals surface area (Å²) in [5.41, 5.74) is 2.29. The number of nitro benzene ring substituents is 1. The van der Waals surface area contributed by atoms with E-state index in [1.165, 1.54) is 25.3 Å². The summed E-state index contributed by atoms with van der Waals surface area (Å²) in [6.45, 7) is 0.332. The van der Waals surface area contributed by atoms with Crippen LogP contribution in [-0.2, 0) is 16.1 Å². The van der Waals surface area contributed by atoms with E-state index in [-0.39, 0.29) is 5.69 Å². The number of aromatic nitrogens is 3. The Morgan fingerprint density at radius 2 is 2.19 bits per heavy atom. The van der Waals surface area contributed by atoms with Gasteiger partial charge in [-0.05, 0) is 23.8 Å². The van der Waals surface area contributed by atoms with E-state index in [2.05, 4.69) is 20.1 Å². The van der Waals surface area contributed by atoms with Crippen LogP contribution in [0.3, 0.4) is 0 Å². The second-order valence-electron chi connectivity index (χ2n) is 5.28. The highest BCUT2D eigenvalue weighted by Gasteiger charge is 2.14. The molecule has 9 nitrogen and oxygen atoms in total. The molecule has 26 heavy (non-hydrogen) atoms. The van der Waals surface area contributed by atoms with Crippen LogP contribution in [0.5, 0.6) is 0 Å². The summed E-state index contributed by atoms with van der Waals surface area (Å²) in [4.78, 5) is 26.2. The number of hydrogen-bond donors (Lipinski definition) is 1. The number of esters is 1. The van der Waals surface area contributed by atoms with Crippen LogP contribution in [-0.4, -0.2) is 32.6 Å². The van der Waals surface area contributed by atoms with Gasteiger partial charge in [0.15, 0.2) is 5.65 Å². The van der Waals surface area contributed by atoms with E-state index in [1.807, 2.05) is 0 Å². The highest BCUT2D eigenvalue weighted by molar-refractivity contribution is 5.87. The molecule has 3 aromatic rings. The highest BCUT2D eigenvalue weighted by atomic mass is 16.6. The lowest BCUT2D eigenvalue weighted by Crippen LogP contribution is -2.08. The van der Waals surface area contributed by atoms with E-state index in [1.54, 1.807) is 41.2 Å². The average molecular weight is 353 g/mol. The van der Waals surface area contributed by atoms with Crippen LogP contribution in [0.2, 0.25) is 0 Å². The normalized spacial score (nSPS) is 11.0. The van der Waals surface area contributed by atoms with Gasteiger partial charge in [0.1, 0.15) is 5.69 Å². The van der Waals surface area contributed by atoms with Gasteiger partial charge in [-0.1, -0.05) is 6.07 Å². The Labute approximate surface area is 148 Å². The van der Waals surface area contributed by atoms with Gasteiger partial charge in [0.25, 0.3) is 5.69 Å². The fourth-order valence-electron chi connectivity index (χ4n) is 2.39. The second kappa shape index (κ2) is 7.43. The molecular formula is C17H15N5O4. The molecule has 0 unspecified atom stereocenters. The van der Waals surface area contributed by atoms with Crippen molar-refractivity contribution >= 4 is 29.1 Å². The molecule has 0 spiro atoms. The van der Waals surface area contributed by atoms with Gasteiger partial charge >= 0.3 is 5.97 Å². The van der Waals surface area contributed by atoms with E-state index < -0.39 is 10.9 Å². The summed E-state index contributed by atoms with van der Waals surface area (Å²) in [6, 6.07) is 8.21. The van der Waals surface area contributed by atoms with Crippen molar-refractivity contribution in [2.24, 2.45) is 0 Å². The Hall–Kier alpha value is -3.75. The number of nitrogens with one attached hydrogen (secondary N) is 1. The smallest absolute Gasteiger partial charge is 0.330 e. The fourth-order valence-corrected chi connectivity index (χ4v) is 2.39. The van der Waals surface area contributed by atoms with E-state index in [0.717, 1.165) is 5.69 Å². The summed E-state index contributed by atoms with van der Waals surface area (Å²) < 4.78 is 6.16. The van der Waals surface area contributed by atoms with Gasteiger partial charge < -0.3 is 10.1 Å². The molecule has 1 N–H and O–H groups in total. The molecule has 0 bridgehead atoms. The highest BCUT2D eigenvalue weighted by Crippen LogP contribution is 2.26. The van der Waals surface area contributed by atoms with Gasteiger partial charge in [0, 0.05) is 24.4 Å². The fraction of sp³-hybridized carbons (Fsp3) is 0.118. The van der Waals surface area contributed by atoms with Gasteiger partial charge in [-0.2, -0.15) is 5.10 Å². The molecule has 0 amide bonds. The Morgan fingerprint density at radius 1 is 1.35 bits per heavy atom. The third-order valence-corrected chi connectivity index (χ3v) is 3.66. The van der Waals surface area contributed by atoms with Gasteiger partial charge in [0.2, 0.25) is 0 Å². The van der Waals surface area contributed by atoms with Crippen LogP contribution < -0.4 is 5.32 Å². The number of carbonyl (C=O) groups is 1. The van der Waals surface area contributed by atoms with Crippen LogP contribution >= 0.6 is 0 Å². The minimum absolute atomic E-state index is 0.0946. The first-order valence-corrected chi connectivity index (χ1v) is 7.64. The third kappa shape index (κ3) is 3.66. The van der Waals surface area contributed by atoms with Crippen molar-refractivity contribution in [3.05, 3.63) is 70.2 Å². The zero-order valence-electron chi connectivity index (χ0n) is 13.8. The average Bonchev–Trinajstić information content (AvgIpc) is 3.13. The first-order chi connectivity index (χ1) is 12.6. The molecule has 2 heterocycles. The summed E-state index contributed by atoms with van der Waals surface area (Å²) in [5, 5.41) is 18.6. The van der Waals surface area contributed by atoms with Gasteiger partial charge in [-0.3, -0.25) is 10.1 Å². The Kier molecular flexibility index (Phi) is 4.88. The lowest BCUT2D eigenvalue weighted by atomic mass is 10.1. The topological polar surface area (TPSA) is 112 Å². The van der Waals surface area contributed by atoms with Crippen molar-refractivity contribution in [3.8, 4) is 0 Å². The lowest BCUT2D eigenvalue weighted by Gasteiger charge is -2.09. The number of nitro groups is 1. The van der Waals surface area contributed by atoms with E-state index in [4.69, 9.17) is 0 Å². The molecule has 132 valence electrons. The molecule has 0 fully saturated rings. The van der Waals surface area contributed by atoms with Gasteiger partial charge in [-0.15, -0.1) is 0 Å². The number of fused-ring (bicyclic) bond motifs is 1. The molecule has 0 saturated carbocycles. The minimum Gasteiger partial charge on any atom is -0.466 e. The van der Waals surface area contributed by atoms with Crippen LogP contribution in [0, 0.1) is 10.1 Å². The lowest BCUT2D eigenvalue weighted by molar-refractivity contribution is -0.384. The van der Waals surface area contributed by atoms with Gasteiger partial charge in [0.05, 0.1) is 30.5 Å². The SMILES string of the molecule is COC(=O)/C=C/c1ccc(NCc2ccnc3ccnn23)c([N+](=O)[O-])c1. The van der Waals surface area contributed by atoms with E-state index in [0.29, 0.717) is 23.4 Å². The standard InChI is InChI=1S/C17H15N5O4/c1-26-17(23)5-3-12-2-4-14(15(10-12)22(24)25)19-11-13-6-8-18-16-7-9-20-21(13)16/h2-10,19H,11H2,1H3/b5-3+. The zero-order chi connectivity index (χ0) is 18.5. The molecular weight excluding hydrogens is 338 g/mol. The first-order valence-electron chi connectivity index (χ1n) is 7.64. The molecule has 0 saturated heterocycles. The van der Waals surface area contributed by atoms with E-state index in [9.17, 15) is 14.9 Å². The maximum Gasteiger partial charge on any atom is 0.330 e. The number of benzene rings is 1. The van der Waals surface area contributed by atoms with Crippen molar-refractivity contribution in [1.82, 2.24) is 14.6 Å². The van der Waals surface area contributed by atoms with Gasteiger partial charge in [-0.25, -0.2) is 14.3 Å². The molecule has 3 rings (SSSR count). The Balaban J connectivity index is 1.83. The summed E-state index contributed by atoms with van der Waals surface area (Å²) in [7, 11) is 1.26. The number of nitrogens with zero attached hydrogens (tertiary/aromatic N) is 4. The largest absolute Gasteiger partial charge is 0.466 e. The molecule has 1 aromatic carbocycles. The molecule has 0 aliphatic heterocycles. The monoisotopic (exact) mass is 353 g/mol. The number of rotatable bonds is 6. The first kappa shape index (κ1) is 17.1. The second-order valence-corrected chi connectivity index (χ2v) is 5.28. The molecule has 0 radical (unpaired) electrons. The van der Waals surface area contributed by atoms with Crippen molar-refractivity contribution in [2.75, 3.05) is 12.4 Å². The summed E-state index contributed by atoms with van der Waals surface area (Å²) >= 11 is 0. The number of anilines is 1. The van der Waals surface area contributed by atoms with Crippen LogP contribution in [0.25, 0.3) is 11.7 Å². The van der Waals surface area contributed by atoms with Crippen molar-refractivity contribution in [1.29, 1.82) is 0 Å². The molecule has 0 aliphatic rings. The third-order valence-electron chi connectivity index (χ3n) is 3.66. The molecule has 0 atom stereocenters. The Bertz CT molecular complexity index is 996. The predicted octanol–water partition coefficient (Wildman–Crippen LogP) is 2.44. The quantitative estimate of drug-likeness (QED) is 0.313. The maximum atomic E-state index is 11.4. The number of hydrogen-bond acceptors (Lipinski definition) is 7. The number of ether oxygens (including phenoxy) is 1. The summed E-state index contributed by atoms with van der Waals surface area (Å²) in [5.74, 6) is -0.532. The minimum atomic E-state index is -0.532. The molecule has 9 heteroatoms. The predicted molar refractivity (Wildman–Crippen MR) is 94.5 cm³/mol. The van der Waals surface area contributed by atoms with Crippen LogP contribution in [0.15, 0.2) is 48.8 Å². The maximum absolute atomic E-state index is 11.4. The van der Waals surface area contributed by atoms with Crippen LogP contribution in [0.4, 0.5) is 11.4 Å². The molecule has 2 aromatic heterocycles.